The topological polar surface area (TPSA) is 35.9 Å². The molecule has 0 aliphatic heterocycles. The molecule has 5 heteroatoms. The molecule has 0 amide bonds. The Morgan fingerprint density at radius 3 is 1.94 bits per heavy atom. The fourth-order valence-electron chi connectivity index (χ4n) is 9.60. The van der Waals surface area contributed by atoms with E-state index in [1.807, 2.05) is 6.20 Å². The van der Waals surface area contributed by atoms with Gasteiger partial charge in [-0.05, 0) is 113 Å². The molecule has 3 aromatic heterocycles. The summed E-state index contributed by atoms with van der Waals surface area (Å²) >= 11 is 0. The lowest BCUT2D eigenvalue weighted by Crippen LogP contribution is -2.30. The number of ether oxygens (including phenoxy) is 1. The van der Waals surface area contributed by atoms with Gasteiger partial charge >= 0.3 is 0 Å². The Hall–Kier alpha value is -7.24. The van der Waals surface area contributed by atoms with E-state index in [1.54, 1.807) is 0 Å². The molecule has 5 nitrogen and oxygen atoms in total. The molecule has 322 valence electrons. The van der Waals surface area contributed by atoms with Crippen molar-refractivity contribution in [3.8, 4) is 50.9 Å². The molecule has 65 heavy (non-hydrogen) atoms. The van der Waals surface area contributed by atoms with E-state index >= 15 is 0 Å². The summed E-state index contributed by atoms with van der Waals surface area (Å²) in [6.07, 6.45) is 6.20. The fraction of sp³-hybridized carbons (Fsp3) is 0.200. The molecule has 0 fully saturated rings. The minimum absolute atomic E-state index is 0.0271. The summed E-state index contributed by atoms with van der Waals surface area (Å²) in [6, 6.07) is 60.9. The molecule has 0 aliphatic rings. The van der Waals surface area contributed by atoms with E-state index in [0.29, 0.717) is 11.8 Å². The van der Waals surface area contributed by atoms with E-state index in [4.69, 9.17) is 9.72 Å². The molecule has 3 heterocycles. The Morgan fingerprint density at radius 2 is 1.25 bits per heavy atom. The third kappa shape index (κ3) is 8.12. The van der Waals surface area contributed by atoms with Crippen molar-refractivity contribution >= 4 is 32.8 Å². The van der Waals surface area contributed by atoms with Crippen LogP contribution in [0.15, 0.2) is 182 Å². The normalized spacial score (nSPS) is 12.0. The molecular weight excluding hydrogens is 793 g/mol. The standard InChI is InChI=1S/C60H57N4O/c1-40(2)32-42-34-45(33-41(3)4)58-53(35-42)52-29-28-49(38-56(52)64(58)57-36-46(30-31-61-57)60(5,6)7)65-48-23-16-22-47(37-48)62-39-63(55-27-15-14-26-54(55)62)59-50(43-18-10-8-11-19-43)24-17-25-51(59)44-20-12-9-13-21-44/h8-31,34-41H,32-33H2,1-7H3/q+1. The van der Waals surface area contributed by atoms with Crippen LogP contribution in [-0.4, -0.2) is 14.1 Å². The number of para-hydroxylation sites is 3. The summed E-state index contributed by atoms with van der Waals surface area (Å²) in [5.74, 6) is 3.51. The van der Waals surface area contributed by atoms with E-state index in [9.17, 15) is 0 Å². The largest absolute Gasteiger partial charge is 0.457 e. The van der Waals surface area contributed by atoms with Gasteiger partial charge in [0.2, 0.25) is 0 Å². The van der Waals surface area contributed by atoms with Gasteiger partial charge in [0.25, 0.3) is 6.33 Å². The maximum absolute atomic E-state index is 6.89. The highest BCUT2D eigenvalue weighted by atomic mass is 16.5. The molecule has 10 rings (SSSR count). The Morgan fingerprint density at radius 1 is 0.585 bits per heavy atom. The smallest absolute Gasteiger partial charge is 0.255 e. The summed E-state index contributed by atoms with van der Waals surface area (Å²) in [6.45, 7) is 16.0. The van der Waals surface area contributed by atoms with Crippen molar-refractivity contribution in [1.29, 1.82) is 0 Å². The number of rotatable bonds is 11. The molecule has 0 saturated heterocycles. The second kappa shape index (κ2) is 17.0. The molecule has 7 aromatic carbocycles. The quantitative estimate of drug-likeness (QED) is 0.122. The second-order valence-corrected chi connectivity index (χ2v) is 19.4. The van der Waals surface area contributed by atoms with Crippen molar-refractivity contribution in [2.45, 2.75) is 66.7 Å². The van der Waals surface area contributed by atoms with Crippen molar-refractivity contribution in [1.82, 2.24) is 14.1 Å². The average Bonchev–Trinajstić information content (AvgIpc) is 3.85. The number of fused-ring (bicyclic) bond motifs is 4. The van der Waals surface area contributed by atoms with Crippen LogP contribution in [0.3, 0.4) is 0 Å². The SMILES string of the molecule is CC(C)Cc1cc(CC(C)C)c2c(c1)c1ccc(Oc3cccc(-n4c[n+](-c5c(-c6ccccc6)cccc5-c5ccccc5)c5ccccc54)c3)cc1n2-c1cc(C(C)(C)C)ccn1. The lowest BCUT2D eigenvalue weighted by atomic mass is 9.88. The highest BCUT2D eigenvalue weighted by Crippen LogP contribution is 2.40. The molecule has 0 bridgehead atoms. The summed E-state index contributed by atoms with van der Waals surface area (Å²) in [5, 5.41) is 2.47. The fourth-order valence-corrected chi connectivity index (χ4v) is 9.60. The number of pyridine rings is 1. The van der Waals surface area contributed by atoms with Crippen LogP contribution in [0.4, 0.5) is 0 Å². The number of nitrogens with zero attached hydrogens (tertiary/aromatic N) is 4. The summed E-state index contributed by atoms with van der Waals surface area (Å²) < 4.78 is 13.9. The van der Waals surface area contributed by atoms with Crippen LogP contribution in [0.1, 0.15) is 65.2 Å². The van der Waals surface area contributed by atoms with E-state index in [2.05, 4.69) is 238 Å². The number of benzene rings is 7. The number of aromatic nitrogens is 4. The van der Waals surface area contributed by atoms with Crippen LogP contribution < -0.4 is 9.30 Å². The van der Waals surface area contributed by atoms with Crippen molar-refractivity contribution in [3.05, 3.63) is 199 Å². The molecule has 0 spiro atoms. The second-order valence-electron chi connectivity index (χ2n) is 19.4. The predicted octanol–water partition coefficient (Wildman–Crippen LogP) is 15.2. The molecule has 0 radical (unpaired) electrons. The molecule has 0 unspecified atom stereocenters. The van der Waals surface area contributed by atoms with E-state index in [0.717, 1.165) is 69.2 Å². The first-order valence-corrected chi connectivity index (χ1v) is 23.1. The number of hydrogen-bond donors (Lipinski definition) is 0. The van der Waals surface area contributed by atoms with Crippen LogP contribution in [-0.2, 0) is 18.3 Å². The highest BCUT2D eigenvalue weighted by Gasteiger charge is 2.26. The first-order valence-electron chi connectivity index (χ1n) is 23.1. The number of hydrogen-bond acceptors (Lipinski definition) is 2. The Labute approximate surface area is 383 Å². The van der Waals surface area contributed by atoms with Crippen LogP contribution in [0.2, 0.25) is 0 Å². The van der Waals surface area contributed by atoms with Gasteiger partial charge in [0, 0.05) is 40.2 Å². The molecule has 10 aromatic rings. The van der Waals surface area contributed by atoms with E-state index < -0.39 is 0 Å². The Balaban J connectivity index is 1.11. The first kappa shape index (κ1) is 41.8. The van der Waals surface area contributed by atoms with E-state index in [1.165, 1.54) is 44.1 Å². The zero-order valence-electron chi connectivity index (χ0n) is 38.6. The third-order valence-electron chi connectivity index (χ3n) is 12.5. The maximum atomic E-state index is 6.89. The van der Waals surface area contributed by atoms with Crippen LogP contribution in [0, 0.1) is 11.8 Å². The summed E-state index contributed by atoms with van der Waals surface area (Å²) in [5.41, 5.74) is 15.3. The molecule has 0 atom stereocenters. The lowest BCUT2D eigenvalue weighted by molar-refractivity contribution is -0.566. The minimum atomic E-state index is -0.0271. The maximum Gasteiger partial charge on any atom is 0.255 e. The summed E-state index contributed by atoms with van der Waals surface area (Å²) in [7, 11) is 0. The van der Waals surface area contributed by atoms with Gasteiger partial charge in [0.1, 0.15) is 28.7 Å². The Bertz CT molecular complexity index is 3270. The zero-order chi connectivity index (χ0) is 44.8. The molecule has 0 aliphatic carbocycles. The van der Waals surface area contributed by atoms with Gasteiger partial charge in [0.05, 0.1) is 11.0 Å². The van der Waals surface area contributed by atoms with E-state index in [-0.39, 0.29) is 5.41 Å². The van der Waals surface area contributed by atoms with Crippen LogP contribution in [0.25, 0.3) is 72.3 Å². The average molecular weight is 850 g/mol. The van der Waals surface area contributed by atoms with Crippen molar-refractivity contribution in [2.75, 3.05) is 0 Å². The first-order chi connectivity index (χ1) is 31.5. The minimum Gasteiger partial charge on any atom is -0.457 e. The van der Waals surface area contributed by atoms with Crippen molar-refractivity contribution < 1.29 is 9.30 Å². The monoisotopic (exact) mass is 849 g/mol. The lowest BCUT2D eigenvalue weighted by Gasteiger charge is -2.20. The Kier molecular flexibility index (Phi) is 10.9. The summed E-state index contributed by atoms with van der Waals surface area (Å²) in [4.78, 5) is 5.06. The highest BCUT2D eigenvalue weighted by molar-refractivity contribution is 6.11. The van der Waals surface area contributed by atoms with Gasteiger partial charge < -0.3 is 4.74 Å². The van der Waals surface area contributed by atoms with Crippen LogP contribution >= 0.6 is 0 Å². The number of imidazole rings is 1. The predicted molar refractivity (Wildman–Crippen MR) is 270 cm³/mol. The van der Waals surface area contributed by atoms with Gasteiger partial charge in [-0.1, -0.05) is 152 Å². The molecule has 0 N–H and O–H groups in total. The van der Waals surface area contributed by atoms with Crippen LogP contribution in [0.5, 0.6) is 11.5 Å². The van der Waals surface area contributed by atoms with Gasteiger partial charge in [-0.2, -0.15) is 9.13 Å². The van der Waals surface area contributed by atoms with Gasteiger partial charge in [0.15, 0.2) is 11.0 Å². The molecule has 0 saturated carbocycles. The molecular formula is C60H57N4O+. The van der Waals surface area contributed by atoms with Crippen molar-refractivity contribution in [2.24, 2.45) is 11.8 Å². The zero-order valence-corrected chi connectivity index (χ0v) is 38.6. The van der Waals surface area contributed by atoms with Gasteiger partial charge in [-0.25, -0.2) is 4.98 Å². The van der Waals surface area contributed by atoms with Crippen molar-refractivity contribution in [3.63, 3.8) is 0 Å². The van der Waals surface area contributed by atoms with Gasteiger partial charge in [-0.15, -0.1) is 0 Å². The third-order valence-corrected chi connectivity index (χ3v) is 12.5. The van der Waals surface area contributed by atoms with Gasteiger partial charge in [-0.3, -0.25) is 4.57 Å².